The maximum Gasteiger partial charge on any atom is 0.0958 e. The lowest BCUT2D eigenvalue weighted by atomic mass is 10.1. The van der Waals surface area contributed by atoms with E-state index in [9.17, 15) is 5.11 Å². The quantitative estimate of drug-likeness (QED) is 0.625. The summed E-state index contributed by atoms with van der Waals surface area (Å²) in [5.74, 6) is 0.217. The molecule has 0 aliphatic rings. The van der Waals surface area contributed by atoms with Gasteiger partial charge in [-0.3, -0.25) is 0 Å². The second kappa shape index (κ2) is 7.88. The van der Waals surface area contributed by atoms with Crippen molar-refractivity contribution < 1.29 is 5.11 Å². The summed E-state index contributed by atoms with van der Waals surface area (Å²) in [4.78, 5) is 4.47. The number of fused-ring (bicyclic) bond motifs is 1. The Bertz CT molecular complexity index is 802. The molecule has 2 aromatic carbocycles. The lowest BCUT2D eigenvalue weighted by Crippen LogP contribution is -2.20. The zero-order valence-electron chi connectivity index (χ0n) is 13.1. The van der Waals surface area contributed by atoms with E-state index in [2.05, 4.69) is 14.9 Å². The molecule has 1 aromatic heterocycles. The van der Waals surface area contributed by atoms with Gasteiger partial charge < -0.3 is 15.0 Å². The number of benzene rings is 2. The molecule has 0 bridgehead atoms. The van der Waals surface area contributed by atoms with Gasteiger partial charge in [0.15, 0.2) is 0 Å². The first-order chi connectivity index (χ1) is 11.7. The van der Waals surface area contributed by atoms with Crippen molar-refractivity contribution in [1.82, 2.24) is 9.55 Å². The number of imidazole rings is 1. The van der Waals surface area contributed by atoms with Crippen LogP contribution in [0.3, 0.4) is 0 Å². The van der Waals surface area contributed by atoms with Crippen molar-refractivity contribution in [1.29, 1.82) is 0 Å². The van der Waals surface area contributed by atoms with Gasteiger partial charge in [0.2, 0.25) is 0 Å². The zero-order chi connectivity index (χ0) is 16.9. The van der Waals surface area contributed by atoms with Gasteiger partial charge in [-0.2, -0.15) is 0 Å². The van der Waals surface area contributed by atoms with Crippen molar-refractivity contribution in [3.63, 3.8) is 0 Å². The minimum atomic E-state index is -0.556. The molecule has 0 fully saturated rings. The number of hydrogen-bond acceptors (Lipinski definition) is 3. The number of alkyl halides is 1. The summed E-state index contributed by atoms with van der Waals surface area (Å²) in [5.41, 5.74) is 4.19. The molecule has 0 spiro atoms. The minimum Gasteiger partial charge on any atom is -0.390 e. The van der Waals surface area contributed by atoms with E-state index in [4.69, 9.17) is 23.2 Å². The molecule has 3 rings (SSSR count). The fourth-order valence-electron chi connectivity index (χ4n) is 2.54. The van der Waals surface area contributed by atoms with Gasteiger partial charge in [-0.1, -0.05) is 23.7 Å². The van der Waals surface area contributed by atoms with Crippen molar-refractivity contribution in [3.05, 3.63) is 59.4 Å². The highest BCUT2D eigenvalue weighted by atomic mass is 35.5. The van der Waals surface area contributed by atoms with Gasteiger partial charge in [-0.15, -0.1) is 11.6 Å². The Morgan fingerprint density at radius 3 is 2.71 bits per heavy atom. The van der Waals surface area contributed by atoms with Gasteiger partial charge in [0.1, 0.15) is 0 Å². The van der Waals surface area contributed by atoms with Gasteiger partial charge in [-0.25, -0.2) is 4.98 Å². The molecule has 0 saturated heterocycles. The molecule has 2 N–H and O–H groups in total. The van der Waals surface area contributed by atoms with Gasteiger partial charge in [-0.05, 0) is 42.3 Å². The Hall–Kier alpha value is -1.75. The Labute approximate surface area is 151 Å². The zero-order valence-corrected chi connectivity index (χ0v) is 14.6. The molecule has 6 heteroatoms. The van der Waals surface area contributed by atoms with E-state index in [0.717, 1.165) is 34.7 Å². The SMILES string of the molecule is OC(CCl)CNc1ccc2c(c1)ncn2CCc1ccc(Cl)cc1. The number of halogens is 2. The average Bonchev–Trinajstić information content (AvgIpc) is 3.01. The van der Waals surface area contributed by atoms with E-state index >= 15 is 0 Å². The lowest BCUT2D eigenvalue weighted by molar-refractivity contribution is 0.211. The van der Waals surface area contributed by atoms with E-state index in [1.54, 1.807) is 0 Å². The predicted octanol–water partition coefficient (Wildman–Crippen LogP) is 3.94. The molecule has 3 aromatic rings. The second-order valence-corrected chi connectivity index (χ2v) is 6.45. The van der Waals surface area contributed by atoms with Crippen LogP contribution in [0, 0.1) is 0 Å². The van der Waals surface area contributed by atoms with E-state index in [1.807, 2.05) is 48.8 Å². The van der Waals surface area contributed by atoms with Crippen molar-refractivity contribution >= 4 is 39.9 Å². The number of aryl methyl sites for hydroxylation is 2. The van der Waals surface area contributed by atoms with Crippen LogP contribution in [0.25, 0.3) is 11.0 Å². The third kappa shape index (κ3) is 4.20. The van der Waals surface area contributed by atoms with Crippen molar-refractivity contribution in [2.24, 2.45) is 0 Å². The van der Waals surface area contributed by atoms with Crippen LogP contribution >= 0.6 is 23.2 Å². The Morgan fingerprint density at radius 2 is 1.96 bits per heavy atom. The molecule has 0 saturated carbocycles. The number of hydrogen-bond donors (Lipinski definition) is 2. The van der Waals surface area contributed by atoms with Crippen molar-refractivity contribution in [2.45, 2.75) is 19.1 Å². The second-order valence-electron chi connectivity index (χ2n) is 5.71. The third-order valence-corrected chi connectivity index (χ3v) is 4.50. The van der Waals surface area contributed by atoms with Crippen LogP contribution < -0.4 is 5.32 Å². The summed E-state index contributed by atoms with van der Waals surface area (Å²) in [6.07, 6.45) is 2.22. The monoisotopic (exact) mass is 363 g/mol. The predicted molar refractivity (Wildman–Crippen MR) is 100 cm³/mol. The summed E-state index contributed by atoms with van der Waals surface area (Å²) in [5, 5.41) is 13.4. The number of aliphatic hydroxyl groups is 1. The first-order valence-electron chi connectivity index (χ1n) is 7.83. The lowest BCUT2D eigenvalue weighted by Gasteiger charge is -2.10. The van der Waals surface area contributed by atoms with Crippen molar-refractivity contribution in [3.8, 4) is 0 Å². The van der Waals surface area contributed by atoms with Crippen molar-refractivity contribution in [2.75, 3.05) is 17.7 Å². The van der Waals surface area contributed by atoms with Gasteiger partial charge >= 0.3 is 0 Å². The molecule has 4 nitrogen and oxygen atoms in total. The number of rotatable bonds is 7. The molecular weight excluding hydrogens is 345 g/mol. The topological polar surface area (TPSA) is 50.1 Å². The largest absolute Gasteiger partial charge is 0.390 e. The van der Waals surface area contributed by atoms with Crippen LogP contribution in [0.5, 0.6) is 0 Å². The smallest absolute Gasteiger partial charge is 0.0958 e. The highest BCUT2D eigenvalue weighted by molar-refractivity contribution is 6.30. The van der Waals surface area contributed by atoms with Crippen LogP contribution in [-0.2, 0) is 13.0 Å². The summed E-state index contributed by atoms with van der Waals surface area (Å²) < 4.78 is 2.14. The van der Waals surface area contributed by atoms with E-state index in [-0.39, 0.29) is 5.88 Å². The summed E-state index contributed by atoms with van der Waals surface area (Å²) in [6.45, 7) is 1.28. The number of anilines is 1. The van der Waals surface area contributed by atoms with Gasteiger partial charge in [0.25, 0.3) is 0 Å². The number of aliphatic hydroxyl groups excluding tert-OH is 1. The third-order valence-electron chi connectivity index (χ3n) is 3.90. The molecule has 1 unspecified atom stereocenters. The molecule has 24 heavy (non-hydrogen) atoms. The first kappa shape index (κ1) is 17.1. The minimum absolute atomic E-state index is 0.217. The maximum atomic E-state index is 9.51. The maximum absolute atomic E-state index is 9.51. The fraction of sp³-hybridized carbons (Fsp3) is 0.278. The molecule has 1 atom stereocenters. The van der Waals surface area contributed by atoms with Crippen LogP contribution in [0.1, 0.15) is 5.56 Å². The number of aromatic nitrogens is 2. The van der Waals surface area contributed by atoms with E-state index in [1.165, 1.54) is 5.56 Å². The first-order valence-corrected chi connectivity index (χ1v) is 8.74. The van der Waals surface area contributed by atoms with Gasteiger partial charge in [0.05, 0.1) is 29.3 Å². The van der Waals surface area contributed by atoms with Gasteiger partial charge in [0, 0.05) is 23.8 Å². The average molecular weight is 364 g/mol. The fourth-order valence-corrected chi connectivity index (χ4v) is 2.78. The van der Waals surface area contributed by atoms with Crippen LogP contribution in [0.2, 0.25) is 5.02 Å². The van der Waals surface area contributed by atoms with Crippen LogP contribution in [-0.4, -0.2) is 33.2 Å². The number of nitrogens with one attached hydrogen (secondary N) is 1. The molecule has 0 aliphatic carbocycles. The van der Waals surface area contributed by atoms with Crippen LogP contribution in [0.15, 0.2) is 48.8 Å². The molecule has 0 aliphatic heterocycles. The van der Waals surface area contributed by atoms with E-state index < -0.39 is 6.10 Å². The Kier molecular flexibility index (Phi) is 5.61. The summed E-state index contributed by atoms with van der Waals surface area (Å²) >= 11 is 11.5. The Balaban J connectivity index is 1.67. The Morgan fingerprint density at radius 1 is 1.17 bits per heavy atom. The number of nitrogens with zero attached hydrogens (tertiary/aromatic N) is 2. The standard InChI is InChI=1S/C18H19Cl2N3O/c19-10-16(24)11-21-15-5-6-18-17(9-15)22-12-23(18)8-7-13-1-3-14(20)4-2-13/h1-6,9,12,16,21,24H,7-8,10-11H2. The van der Waals surface area contributed by atoms with Crippen LogP contribution in [0.4, 0.5) is 5.69 Å². The highest BCUT2D eigenvalue weighted by Crippen LogP contribution is 2.19. The van der Waals surface area contributed by atoms with E-state index in [0.29, 0.717) is 6.54 Å². The molecule has 126 valence electrons. The highest BCUT2D eigenvalue weighted by Gasteiger charge is 2.06. The molecule has 1 heterocycles. The molecule has 0 radical (unpaired) electrons. The molecule has 0 amide bonds. The summed E-state index contributed by atoms with van der Waals surface area (Å²) in [7, 11) is 0. The summed E-state index contributed by atoms with van der Waals surface area (Å²) in [6, 6.07) is 13.9. The molecular formula is C18H19Cl2N3O. The normalized spacial score (nSPS) is 12.5.